The number of carbonyl (C=O) groups is 1. The molecule has 0 fully saturated rings. The van der Waals surface area contributed by atoms with Crippen LogP contribution in [-0.2, 0) is 0 Å². The van der Waals surface area contributed by atoms with Crippen LogP contribution in [0.25, 0.3) is 5.69 Å². The molecule has 0 aliphatic rings. The van der Waals surface area contributed by atoms with Gasteiger partial charge in [0.25, 0.3) is 5.91 Å². The van der Waals surface area contributed by atoms with E-state index >= 15 is 0 Å². The second-order valence-corrected chi connectivity index (χ2v) is 3.94. The molecule has 114 valence electrons. The third kappa shape index (κ3) is 4.13. The zero-order valence-corrected chi connectivity index (χ0v) is 12.7. The fraction of sp³-hybridized carbons (Fsp3) is 0.400. The normalized spacial score (nSPS) is 9.71. The highest BCUT2D eigenvalue weighted by Gasteiger charge is 2.18. The predicted molar refractivity (Wildman–Crippen MR) is 81.4 cm³/mol. The first kappa shape index (κ1) is 16.8. The predicted octanol–water partition coefficient (Wildman–Crippen LogP) is 1.75. The lowest BCUT2D eigenvalue weighted by atomic mass is 10.1. The Bertz CT molecular complexity index is 540. The summed E-state index contributed by atoms with van der Waals surface area (Å²) in [4.78, 5) is 15.4. The number of likely N-dealkylation sites (N-methyl/N-ethyl adjacent to an activating group) is 1. The maximum atomic E-state index is 12.4. The molecule has 1 heterocycles. The number of hydrogen-bond acceptors (Lipinski definition) is 4. The van der Waals surface area contributed by atoms with E-state index in [9.17, 15) is 4.79 Å². The van der Waals surface area contributed by atoms with E-state index in [0.717, 1.165) is 0 Å². The van der Waals surface area contributed by atoms with Crippen LogP contribution in [0, 0.1) is 0 Å². The quantitative estimate of drug-likeness (QED) is 0.910. The van der Waals surface area contributed by atoms with Crippen LogP contribution in [0.1, 0.15) is 31.1 Å². The Morgan fingerprint density at radius 2 is 1.86 bits per heavy atom. The van der Waals surface area contributed by atoms with Crippen molar-refractivity contribution in [2.75, 3.05) is 19.7 Å². The molecule has 0 saturated carbocycles. The van der Waals surface area contributed by atoms with Gasteiger partial charge in [0.1, 0.15) is 0 Å². The number of benzene rings is 1. The number of rotatable bonds is 5. The zero-order chi connectivity index (χ0) is 15.7. The number of aliphatic hydroxyl groups is 1. The van der Waals surface area contributed by atoms with E-state index in [4.69, 9.17) is 5.11 Å². The molecule has 0 aliphatic heterocycles. The number of para-hydroxylation sites is 1. The van der Waals surface area contributed by atoms with E-state index in [1.807, 2.05) is 26.8 Å². The maximum Gasteiger partial charge on any atom is 0.256 e. The summed E-state index contributed by atoms with van der Waals surface area (Å²) in [6.07, 6.45) is 3.12. The van der Waals surface area contributed by atoms with Gasteiger partial charge in [-0.1, -0.05) is 26.0 Å². The van der Waals surface area contributed by atoms with Crippen LogP contribution in [0.2, 0.25) is 0 Å². The van der Waals surface area contributed by atoms with Gasteiger partial charge in [0.15, 0.2) is 0 Å². The summed E-state index contributed by atoms with van der Waals surface area (Å²) in [6.45, 7) is 6.68. The second kappa shape index (κ2) is 8.86. The number of hydrogen-bond donors (Lipinski definition) is 1. The van der Waals surface area contributed by atoms with Gasteiger partial charge in [-0.3, -0.25) is 4.79 Å². The molecule has 1 aromatic carbocycles. The van der Waals surface area contributed by atoms with Gasteiger partial charge in [-0.15, -0.1) is 0 Å². The monoisotopic (exact) mass is 290 g/mol. The van der Waals surface area contributed by atoms with Crippen molar-refractivity contribution in [1.82, 2.24) is 19.9 Å². The molecule has 2 aromatic rings. The molecule has 0 spiro atoms. The largest absolute Gasteiger partial charge is 0.395 e. The van der Waals surface area contributed by atoms with Gasteiger partial charge in [0.05, 0.1) is 30.3 Å². The molecule has 0 bridgehead atoms. The average molecular weight is 290 g/mol. The number of aromatic nitrogens is 3. The lowest BCUT2D eigenvalue weighted by Gasteiger charge is -2.20. The molecule has 0 atom stereocenters. The molecule has 1 aromatic heterocycles. The molecule has 6 heteroatoms. The number of nitrogens with zero attached hydrogens (tertiary/aromatic N) is 4. The van der Waals surface area contributed by atoms with Crippen LogP contribution in [0.4, 0.5) is 0 Å². The molecule has 21 heavy (non-hydrogen) atoms. The van der Waals surface area contributed by atoms with Crippen molar-refractivity contribution in [3.8, 4) is 5.69 Å². The Morgan fingerprint density at radius 3 is 2.43 bits per heavy atom. The average Bonchev–Trinajstić information content (AvgIpc) is 3.08. The van der Waals surface area contributed by atoms with Crippen molar-refractivity contribution in [3.63, 3.8) is 0 Å². The number of carbonyl (C=O) groups excluding carboxylic acids is 1. The molecule has 1 N–H and O–H groups in total. The summed E-state index contributed by atoms with van der Waals surface area (Å²) < 4.78 is 0. The van der Waals surface area contributed by atoms with E-state index in [1.54, 1.807) is 35.5 Å². The van der Waals surface area contributed by atoms with Gasteiger partial charge in [-0.05, 0) is 19.1 Å². The summed E-state index contributed by atoms with van der Waals surface area (Å²) in [5.41, 5.74) is 1.16. The van der Waals surface area contributed by atoms with Crippen LogP contribution in [-0.4, -0.2) is 50.6 Å². The highest BCUT2D eigenvalue weighted by molar-refractivity contribution is 5.97. The van der Waals surface area contributed by atoms with Crippen molar-refractivity contribution >= 4 is 5.91 Å². The lowest BCUT2D eigenvalue weighted by Crippen LogP contribution is -2.34. The van der Waals surface area contributed by atoms with Crippen LogP contribution in [0.5, 0.6) is 0 Å². The Hall–Kier alpha value is -2.21. The molecular weight excluding hydrogens is 268 g/mol. The third-order valence-electron chi connectivity index (χ3n) is 2.81. The van der Waals surface area contributed by atoms with E-state index in [1.165, 1.54) is 4.80 Å². The summed E-state index contributed by atoms with van der Waals surface area (Å²) in [6, 6.07) is 7.16. The topological polar surface area (TPSA) is 71.2 Å². The van der Waals surface area contributed by atoms with Crippen molar-refractivity contribution in [1.29, 1.82) is 0 Å². The molecular formula is C15H22N4O2. The first-order chi connectivity index (χ1) is 10.3. The highest BCUT2D eigenvalue weighted by atomic mass is 16.3. The van der Waals surface area contributed by atoms with Gasteiger partial charge in [-0.2, -0.15) is 15.0 Å². The first-order valence-electron chi connectivity index (χ1n) is 7.13. The Kier molecular flexibility index (Phi) is 7.11. The summed E-state index contributed by atoms with van der Waals surface area (Å²) >= 11 is 0. The van der Waals surface area contributed by atoms with E-state index in [2.05, 4.69) is 10.2 Å². The van der Waals surface area contributed by atoms with Crippen molar-refractivity contribution in [3.05, 3.63) is 42.2 Å². The minimum atomic E-state index is -0.135. The highest BCUT2D eigenvalue weighted by Crippen LogP contribution is 2.14. The maximum absolute atomic E-state index is 12.4. The summed E-state index contributed by atoms with van der Waals surface area (Å²) in [5, 5.41) is 17.1. The molecule has 0 unspecified atom stereocenters. The number of aliphatic hydroxyl groups excluding tert-OH is 1. The second-order valence-electron chi connectivity index (χ2n) is 3.94. The SMILES string of the molecule is CC.CCN(CCO)C(=O)c1ccccc1-n1nccn1. The fourth-order valence-corrected chi connectivity index (χ4v) is 1.86. The van der Waals surface area contributed by atoms with Crippen molar-refractivity contribution < 1.29 is 9.90 Å². The first-order valence-corrected chi connectivity index (χ1v) is 7.13. The molecule has 2 rings (SSSR count). The minimum absolute atomic E-state index is 0.0538. The van der Waals surface area contributed by atoms with Gasteiger partial charge in [0, 0.05) is 13.1 Å². The molecule has 0 radical (unpaired) electrons. The molecule has 6 nitrogen and oxygen atoms in total. The van der Waals surface area contributed by atoms with E-state index in [0.29, 0.717) is 24.3 Å². The van der Waals surface area contributed by atoms with Crippen LogP contribution < -0.4 is 0 Å². The fourth-order valence-electron chi connectivity index (χ4n) is 1.86. The smallest absolute Gasteiger partial charge is 0.256 e. The van der Waals surface area contributed by atoms with Crippen LogP contribution in [0.15, 0.2) is 36.7 Å². The van der Waals surface area contributed by atoms with Crippen LogP contribution in [0.3, 0.4) is 0 Å². The standard InChI is InChI=1S/C13H16N4O2.C2H6/c1-2-16(9-10-18)13(19)11-5-3-4-6-12(11)17-14-7-8-15-17;1-2/h3-8,18H,2,9-10H2,1H3;1-2H3. The minimum Gasteiger partial charge on any atom is -0.395 e. The molecule has 0 saturated heterocycles. The van der Waals surface area contributed by atoms with Crippen molar-refractivity contribution in [2.24, 2.45) is 0 Å². The van der Waals surface area contributed by atoms with E-state index in [-0.39, 0.29) is 12.5 Å². The third-order valence-corrected chi connectivity index (χ3v) is 2.81. The Balaban J connectivity index is 0.00000106. The van der Waals surface area contributed by atoms with Gasteiger partial charge in [-0.25, -0.2) is 0 Å². The summed E-state index contributed by atoms with van der Waals surface area (Å²) in [5.74, 6) is -0.135. The van der Waals surface area contributed by atoms with Gasteiger partial charge >= 0.3 is 0 Å². The van der Waals surface area contributed by atoms with Gasteiger partial charge < -0.3 is 10.0 Å². The molecule has 1 amide bonds. The van der Waals surface area contributed by atoms with Crippen molar-refractivity contribution in [2.45, 2.75) is 20.8 Å². The number of amides is 1. The van der Waals surface area contributed by atoms with E-state index < -0.39 is 0 Å². The zero-order valence-electron chi connectivity index (χ0n) is 12.7. The Labute approximate surface area is 125 Å². The summed E-state index contributed by atoms with van der Waals surface area (Å²) in [7, 11) is 0. The molecule has 0 aliphatic carbocycles. The van der Waals surface area contributed by atoms with Crippen LogP contribution >= 0.6 is 0 Å². The lowest BCUT2D eigenvalue weighted by molar-refractivity contribution is 0.0731. The van der Waals surface area contributed by atoms with Gasteiger partial charge in [0.2, 0.25) is 0 Å². The Morgan fingerprint density at radius 1 is 1.24 bits per heavy atom.